The molecule has 126 valence electrons. The topological polar surface area (TPSA) is 80.4 Å². The van der Waals surface area contributed by atoms with Gasteiger partial charge in [0, 0.05) is 23.2 Å². The van der Waals surface area contributed by atoms with Gasteiger partial charge in [0.25, 0.3) is 0 Å². The van der Waals surface area contributed by atoms with Gasteiger partial charge in [-0.05, 0) is 36.0 Å². The molecule has 0 saturated carbocycles. The third-order valence-electron chi connectivity index (χ3n) is 4.31. The first kappa shape index (κ1) is 17.7. The normalized spacial score (nSPS) is 11.2. The Balaban J connectivity index is 2.28. The van der Waals surface area contributed by atoms with Crippen molar-refractivity contribution in [1.82, 2.24) is 0 Å². The van der Waals surface area contributed by atoms with Crippen LogP contribution >= 0.6 is 0 Å². The molecule has 0 aliphatic carbocycles. The van der Waals surface area contributed by atoms with Crippen LogP contribution in [0.2, 0.25) is 0 Å². The number of ketones is 1. The predicted molar refractivity (Wildman–Crippen MR) is 95.2 cm³/mol. The zero-order valence-corrected chi connectivity index (χ0v) is 14.1. The van der Waals surface area contributed by atoms with Gasteiger partial charge in [-0.2, -0.15) is 0 Å². The Bertz CT molecular complexity index is 736. The van der Waals surface area contributed by atoms with Gasteiger partial charge in [0.05, 0.1) is 0 Å². The Kier molecular flexibility index (Phi) is 5.39. The van der Waals surface area contributed by atoms with Crippen molar-refractivity contribution in [2.75, 3.05) is 5.73 Å². The number of carbonyl (C=O) groups excluding carboxylic acids is 1. The van der Waals surface area contributed by atoms with Gasteiger partial charge in [-0.3, -0.25) is 9.59 Å². The summed E-state index contributed by atoms with van der Waals surface area (Å²) in [5.41, 5.74) is 8.32. The van der Waals surface area contributed by atoms with E-state index in [2.05, 4.69) is 13.8 Å². The molecular weight excluding hydrogens is 302 g/mol. The lowest BCUT2D eigenvalue weighted by Crippen LogP contribution is -2.19. The van der Waals surface area contributed by atoms with Gasteiger partial charge in [-0.25, -0.2) is 0 Å². The molecule has 4 nitrogen and oxygen atoms in total. The molecule has 0 aliphatic heterocycles. The molecule has 0 heterocycles. The molecule has 0 unspecified atom stereocenters. The van der Waals surface area contributed by atoms with Crippen molar-refractivity contribution >= 4 is 17.4 Å². The van der Waals surface area contributed by atoms with Crippen LogP contribution in [0.3, 0.4) is 0 Å². The molecule has 0 atom stereocenters. The van der Waals surface area contributed by atoms with Crippen molar-refractivity contribution in [2.45, 2.75) is 38.5 Å². The summed E-state index contributed by atoms with van der Waals surface area (Å²) in [5.74, 6) is -0.890. The smallest absolute Gasteiger partial charge is 0.303 e. The molecule has 24 heavy (non-hydrogen) atoms. The van der Waals surface area contributed by atoms with Crippen molar-refractivity contribution < 1.29 is 14.7 Å². The van der Waals surface area contributed by atoms with Crippen molar-refractivity contribution in [2.24, 2.45) is 0 Å². The standard InChI is InChI=1S/C20H23NO3/c1-20(2,12-6-9-18(22)23)15-10-11-17(21)16(13-15)19(24)14-7-4-3-5-8-14/h3-5,7-8,10-11,13H,6,9,12,21H2,1-2H3,(H,22,23). The number of hydrogen-bond donors (Lipinski definition) is 2. The molecule has 0 aliphatic rings. The molecule has 0 radical (unpaired) electrons. The molecule has 4 heteroatoms. The molecule has 0 bridgehead atoms. The van der Waals surface area contributed by atoms with Gasteiger partial charge in [0.1, 0.15) is 0 Å². The highest BCUT2D eigenvalue weighted by atomic mass is 16.4. The summed E-state index contributed by atoms with van der Waals surface area (Å²) in [6.07, 6.45) is 1.46. The van der Waals surface area contributed by atoms with Gasteiger partial charge in [-0.1, -0.05) is 50.2 Å². The molecule has 2 aromatic carbocycles. The highest BCUT2D eigenvalue weighted by Crippen LogP contribution is 2.31. The average molecular weight is 325 g/mol. The predicted octanol–water partition coefficient (Wildman–Crippen LogP) is 4.03. The van der Waals surface area contributed by atoms with Crippen LogP contribution in [0.25, 0.3) is 0 Å². The zero-order chi connectivity index (χ0) is 17.7. The van der Waals surface area contributed by atoms with E-state index in [1.165, 1.54) is 0 Å². The van der Waals surface area contributed by atoms with Crippen LogP contribution < -0.4 is 5.73 Å². The molecule has 0 fully saturated rings. The fourth-order valence-electron chi connectivity index (χ4n) is 2.74. The summed E-state index contributed by atoms with van der Waals surface area (Å²) in [5, 5.41) is 8.80. The third-order valence-corrected chi connectivity index (χ3v) is 4.31. The van der Waals surface area contributed by atoms with Crippen molar-refractivity contribution in [1.29, 1.82) is 0 Å². The Morgan fingerprint density at radius 1 is 1.08 bits per heavy atom. The number of nitrogen functional groups attached to an aromatic ring is 1. The molecule has 0 aromatic heterocycles. The number of benzene rings is 2. The minimum atomic E-state index is -0.789. The van der Waals surface area contributed by atoms with E-state index in [0.717, 1.165) is 12.0 Å². The van der Waals surface area contributed by atoms with E-state index in [0.29, 0.717) is 23.2 Å². The van der Waals surface area contributed by atoms with Gasteiger partial charge in [-0.15, -0.1) is 0 Å². The van der Waals surface area contributed by atoms with E-state index in [4.69, 9.17) is 10.8 Å². The average Bonchev–Trinajstić information content (AvgIpc) is 2.54. The van der Waals surface area contributed by atoms with E-state index in [1.807, 2.05) is 30.3 Å². The maximum atomic E-state index is 12.7. The van der Waals surface area contributed by atoms with E-state index in [9.17, 15) is 9.59 Å². The van der Waals surface area contributed by atoms with Crippen molar-refractivity contribution in [3.05, 3.63) is 65.2 Å². The minimum absolute atomic E-state index is 0.101. The first-order chi connectivity index (χ1) is 11.3. The number of carboxylic acid groups (broad SMARTS) is 1. The lowest BCUT2D eigenvalue weighted by Gasteiger charge is -2.26. The number of carboxylic acids is 1. The fourth-order valence-corrected chi connectivity index (χ4v) is 2.74. The van der Waals surface area contributed by atoms with Crippen molar-refractivity contribution in [3.8, 4) is 0 Å². The number of hydrogen-bond acceptors (Lipinski definition) is 3. The Labute approximate surface area is 142 Å². The summed E-state index contributed by atoms with van der Waals surface area (Å²) < 4.78 is 0. The molecule has 3 N–H and O–H groups in total. The van der Waals surface area contributed by atoms with Crippen LogP contribution in [0, 0.1) is 0 Å². The second kappa shape index (κ2) is 7.30. The van der Waals surface area contributed by atoms with Gasteiger partial charge >= 0.3 is 5.97 Å². The highest BCUT2D eigenvalue weighted by Gasteiger charge is 2.23. The number of nitrogens with two attached hydrogens (primary N) is 1. The van der Waals surface area contributed by atoms with Crippen LogP contribution in [0.5, 0.6) is 0 Å². The molecule has 0 amide bonds. The SMILES string of the molecule is CC(C)(CCCC(=O)O)c1ccc(N)c(C(=O)c2ccccc2)c1. The minimum Gasteiger partial charge on any atom is -0.481 e. The van der Waals surface area contributed by atoms with E-state index >= 15 is 0 Å². The van der Waals surface area contributed by atoms with Crippen LogP contribution in [0.1, 0.15) is 54.6 Å². The van der Waals surface area contributed by atoms with Gasteiger partial charge in [0.15, 0.2) is 5.78 Å². The Morgan fingerprint density at radius 3 is 2.38 bits per heavy atom. The lowest BCUT2D eigenvalue weighted by molar-refractivity contribution is -0.137. The fraction of sp³-hybridized carbons (Fsp3) is 0.300. The largest absolute Gasteiger partial charge is 0.481 e. The van der Waals surface area contributed by atoms with Crippen molar-refractivity contribution in [3.63, 3.8) is 0 Å². The summed E-state index contributed by atoms with van der Waals surface area (Å²) in [7, 11) is 0. The number of aliphatic carboxylic acids is 1. The molecular formula is C20H23NO3. The molecule has 0 spiro atoms. The molecule has 2 rings (SSSR count). The Hall–Kier alpha value is -2.62. The highest BCUT2D eigenvalue weighted by molar-refractivity contribution is 6.12. The van der Waals surface area contributed by atoms with Gasteiger partial charge < -0.3 is 10.8 Å². The van der Waals surface area contributed by atoms with E-state index < -0.39 is 5.97 Å². The maximum absolute atomic E-state index is 12.7. The first-order valence-corrected chi connectivity index (χ1v) is 8.03. The van der Waals surface area contributed by atoms with Crippen LogP contribution in [0.15, 0.2) is 48.5 Å². The number of carbonyl (C=O) groups is 2. The lowest BCUT2D eigenvalue weighted by atomic mass is 9.79. The second-order valence-electron chi connectivity index (χ2n) is 6.63. The maximum Gasteiger partial charge on any atom is 0.303 e. The summed E-state index contributed by atoms with van der Waals surface area (Å²) >= 11 is 0. The third kappa shape index (κ3) is 4.22. The first-order valence-electron chi connectivity index (χ1n) is 8.03. The van der Waals surface area contributed by atoms with E-state index in [1.54, 1.807) is 18.2 Å². The summed E-state index contributed by atoms with van der Waals surface area (Å²) in [4.78, 5) is 23.4. The molecule has 2 aromatic rings. The van der Waals surface area contributed by atoms with Crippen LogP contribution in [-0.4, -0.2) is 16.9 Å². The Morgan fingerprint density at radius 2 is 1.75 bits per heavy atom. The number of rotatable bonds is 7. The van der Waals surface area contributed by atoms with Gasteiger partial charge in [0.2, 0.25) is 0 Å². The molecule has 0 saturated heterocycles. The number of anilines is 1. The quantitative estimate of drug-likeness (QED) is 0.595. The summed E-state index contributed by atoms with van der Waals surface area (Å²) in [6.45, 7) is 4.11. The van der Waals surface area contributed by atoms with Crippen LogP contribution in [0.4, 0.5) is 5.69 Å². The zero-order valence-electron chi connectivity index (χ0n) is 14.1. The van der Waals surface area contributed by atoms with E-state index in [-0.39, 0.29) is 17.6 Å². The summed E-state index contributed by atoms with van der Waals surface area (Å²) in [6, 6.07) is 14.6. The monoisotopic (exact) mass is 325 g/mol. The van der Waals surface area contributed by atoms with Crippen LogP contribution in [-0.2, 0) is 10.2 Å². The second-order valence-corrected chi connectivity index (χ2v) is 6.63.